The third kappa shape index (κ3) is 12.9. The average molecular weight is 263 g/mol. The molecule has 0 aliphatic rings. The van der Waals surface area contributed by atoms with Crippen molar-refractivity contribution < 1.29 is 4.79 Å². The number of nitrogens with one attached hydrogen (secondary N) is 1. The van der Waals surface area contributed by atoms with Crippen molar-refractivity contribution in [3.05, 3.63) is 0 Å². The number of hydrogen-bond acceptors (Lipinski definition) is 1. The molecule has 102 valence electrons. The van der Waals surface area contributed by atoms with Crippen LogP contribution in [0.2, 0.25) is 0 Å². The zero-order valence-electron chi connectivity index (χ0n) is 12.8. The van der Waals surface area contributed by atoms with Gasteiger partial charge in [0.15, 0.2) is 0 Å². The van der Waals surface area contributed by atoms with Crippen LogP contribution in [0.1, 0.15) is 84.5 Å². The molecule has 3 heteroatoms. The Hall–Kier alpha value is 0.470. The van der Waals surface area contributed by atoms with E-state index in [9.17, 15) is 4.79 Å². The molecular formula is C15H30NNaO. The fraction of sp³-hybridized carbons (Fsp3) is 0.933. The van der Waals surface area contributed by atoms with E-state index in [0.29, 0.717) is 3.29 Å². The van der Waals surface area contributed by atoms with E-state index >= 15 is 0 Å². The summed E-state index contributed by atoms with van der Waals surface area (Å²) in [5, 5.41) is 3.08. The van der Waals surface area contributed by atoms with Crippen LogP contribution >= 0.6 is 0 Å². The van der Waals surface area contributed by atoms with Crippen LogP contribution in [0, 0.1) is 0 Å². The van der Waals surface area contributed by atoms with Crippen molar-refractivity contribution >= 4 is 33.8 Å². The summed E-state index contributed by atoms with van der Waals surface area (Å²) in [5.41, 5.74) is 0. The van der Waals surface area contributed by atoms with E-state index in [2.05, 4.69) is 19.2 Å². The molecule has 0 aromatic carbocycles. The fourth-order valence-corrected chi connectivity index (χ4v) is 2.37. The maximum absolute atomic E-state index is 11.5. The van der Waals surface area contributed by atoms with Gasteiger partial charge in [-0.25, -0.2) is 0 Å². The zero-order chi connectivity index (χ0) is 13.6. The summed E-state index contributed by atoms with van der Waals surface area (Å²) in [6, 6.07) is 0. The van der Waals surface area contributed by atoms with Crippen LogP contribution in [0.25, 0.3) is 0 Å². The van der Waals surface area contributed by atoms with E-state index in [1.807, 2.05) is 0 Å². The van der Waals surface area contributed by atoms with Crippen LogP contribution in [-0.2, 0) is 4.79 Å². The minimum atomic E-state index is 0.264. The van der Waals surface area contributed by atoms with Gasteiger partial charge in [0, 0.05) is 0 Å². The van der Waals surface area contributed by atoms with Gasteiger partial charge in [-0.15, -0.1) is 0 Å². The Balaban J connectivity index is 3.17. The molecule has 1 amide bonds. The predicted molar refractivity (Wildman–Crippen MR) is 79.8 cm³/mol. The molecule has 0 aromatic rings. The van der Waals surface area contributed by atoms with Gasteiger partial charge < -0.3 is 0 Å². The van der Waals surface area contributed by atoms with Crippen molar-refractivity contribution in [2.75, 3.05) is 0 Å². The topological polar surface area (TPSA) is 29.1 Å². The molecular weight excluding hydrogens is 233 g/mol. The van der Waals surface area contributed by atoms with Crippen LogP contribution in [0.3, 0.4) is 0 Å². The second-order valence-corrected chi connectivity index (χ2v) is 6.85. The molecule has 0 saturated heterocycles. The second-order valence-electron chi connectivity index (χ2n) is 5.46. The number of carbonyl (C=O) groups is 1. The van der Waals surface area contributed by atoms with Gasteiger partial charge in [-0.1, -0.05) is 13.3 Å². The first-order chi connectivity index (χ1) is 8.70. The van der Waals surface area contributed by atoms with Crippen LogP contribution in [0.4, 0.5) is 0 Å². The van der Waals surface area contributed by atoms with E-state index in [-0.39, 0.29) is 5.91 Å². The summed E-state index contributed by atoms with van der Waals surface area (Å²) < 4.78 is 0.469. The summed E-state index contributed by atoms with van der Waals surface area (Å²) >= 11 is 1.07. The number of carbonyl (C=O) groups excluding carboxylic acids is 1. The SMILES string of the molecule is CCCCCCCCCCCC(=O)N[CH]([Na])CC. The molecule has 0 aliphatic carbocycles. The molecule has 0 heterocycles. The first-order valence-corrected chi connectivity index (χ1v) is 9.15. The Bertz CT molecular complexity index is 197. The average Bonchev–Trinajstić information content (AvgIpc) is 2.36. The van der Waals surface area contributed by atoms with Gasteiger partial charge in [-0.2, -0.15) is 0 Å². The van der Waals surface area contributed by atoms with Gasteiger partial charge in [-0.05, 0) is 0 Å². The molecule has 1 unspecified atom stereocenters. The Kier molecular flexibility index (Phi) is 14.3. The van der Waals surface area contributed by atoms with Crippen molar-refractivity contribution in [1.82, 2.24) is 5.32 Å². The Morgan fingerprint density at radius 3 is 1.94 bits per heavy atom. The summed E-state index contributed by atoms with van der Waals surface area (Å²) in [7, 11) is 0. The molecule has 0 rings (SSSR count). The molecule has 18 heavy (non-hydrogen) atoms. The first kappa shape index (κ1) is 18.5. The van der Waals surface area contributed by atoms with Gasteiger partial charge in [0.1, 0.15) is 0 Å². The predicted octanol–water partition coefficient (Wildman–Crippen LogP) is 3.93. The summed E-state index contributed by atoms with van der Waals surface area (Å²) in [4.78, 5) is 11.5. The van der Waals surface area contributed by atoms with E-state index in [1.54, 1.807) is 0 Å². The van der Waals surface area contributed by atoms with Crippen LogP contribution in [0.5, 0.6) is 0 Å². The second kappa shape index (κ2) is 13.9. The number of amides is 1. The van der Waals surface area contributed by atoms with Gasteiger partial charge in [-0.3, -0.25) is 0 Å². The third-order valence-electron chi connectivity index (χ3n) is 3.53. The van der Waals surface area contributed by atoms with E-state index in [0.717, 1.165) is 47.2 Å². The molecule has 1 atom stereocenters. The van der Waals surface area contributed by atoms with Crippen molar-refractivity contribution in [2.45, 2.75) is 87.8 Å². The van der Waals surface area contributed by atoms with Crippen LogP contribution in [-0.4, -0.2) is 37.1 Å². The molecule has 0 aliphatic heterocycles. The Morgan fingerprint density at radius 2 is 1.44 bits per heavy atom. The normalized spacial score (nSPS) is 12.4. The maximum atomic E-state index is 11.5. The number of rotatable bonds is 12. The number of unbranched alkanes of at least 4 members (excludes halogenated alkanes) is 8. The van der Waals surface area contributed by atoms with Gasteiger partial charge in [0.2, 0.25) is 0 Å². The summed E-state index contributed by atoms with van der Waals surface area (Å²) in [6.45, 7) is 4.39. The molecule has 0 radical (unpaired) electrons. The zero-order valence-corrected chi connectivity index (χ0v) is 14.8. The molecule has 1 N–H and O–H groups in total. The first-order valence-electron chi connectivity index (χ1n) is 8.00. The Morgan fingerprint density at radius 1 is 0.944 bits per heavy atom. The molecule has 0 saturated carbocycles. The standard InChI is InChI=1S/C15H30NO.Na/c1-3-5-6-7-8-9-10-11-12-13-15(17)16-14-4-2;/h14H,3-13H2,1-2H3,(H,16,17);. The van der Waals surface area contributed by atoms with Gasteiger partial charge in [0.25, 0.3) is 0 Å². The van der Waals surface area contributed by atoms with Crippen LogP contribution in [0.15, 0.2) is 0 Å². The van der Waals surface area contributed by atoms with Gasteiger partial charge in [0.05, 0.1) is 0 Å². The summed E-state index contributed by atoms with van der Waals surface area (Å²) in [6.07, 6.45) is 13.6. The third-order valence-corrected chi connectivity index (χ3v) is 4.63. The van der Waals surface area contributed by atoms with Gasteiger partial charge >= 0.3 is 118 Å². The molecule has 0 fully saturated rings. The number of hydrogen-bond donors (Lipinski definition) is 1. The van der Waals surface area contributed by atoms with E-state index in [1.165, 1.54) is 51.4 Å². The fourth-order valence-electron chi connectivity index (χ4n) is 2.05. The van der Waals surface area contributed by atoms with Crippen molar-refractivity contribution in [1.29, 1.82) is 0 Å². The Labute approximate surface area is 131 Å². The molecule has 0 spiro atoms. The van der Waals surface area contributed by atoms with Crippen LogP contribution < -0.4 is 5.32 Å². The summed E-state index contributed by atoms with van der Waals surface area (Å²) in [5.74, 6) is 0.264. The van der Waals surface area contributed by atoms with Crippen molar-refractivity contribution in [2.24, 2.45) is 0 Å². The minimum absolute atomic E-state index is 0.264. The monoisotopic (exact) mass is 263 g/mol. The van der Waals surface area contributed by atoms with Crippen molar-refractivity contribution in [3.8, 4) is 0 Å². The van der Waals surface area contributed by atoms with E-state index < -0.39 is 0 Å². The quantitative estimate of drug-likeness (QED) is 0.419. The van der Waals surface area contributed by atoms with Crippen molar-refractivity contribution in [3.63, 3.8) is 0 Å². The molecule has 0 bridgehead atoms. The van der Waals surface area contributed by atoms with E-state index in [4.69, 9.17) is 0 Å². The molecule has 2 nitrogen and oxygen atoms in total. The molecule has 0 aromatic heterocycles.